The molecule has 0 fully saturated rings. The molecule has 0 spiro atoms. The van der Waals surface area contributed by atoms with E-state index in [9.17, 15) is 9.59 Å². The van der Waals surface area contributed by atoms with Gasteiger partial charge in [0.15, 0.2) is 6.29 Å². The van der Waals surface area contributed by atoms with Crippen LogP contribution in [0.2, 0.25) is 0 Å². The topological polar surface area (TPSA) is 91.1 Å². The van der Waals surface area contributed by atoms with Crippen molar-refractivity contribution >= 4 is 11.9 Å². The molecule has 0 radical (unpaired) electrons. The van der Waals surface area contributed by atoms with Crippen LogP contribution < -0.4 is 5.73 Å². The molecule has 0 aromatic carbocycles. The highest BCUT2D eigenvalue weighted by Crippen LogP contribution is 2.14. The summed E-state index contributed by atoms with van der Waals surface area (Å²) < 4.78 is 16.2. The Kier molecular flexibility index (Phi) is 10.8. The lowest BCUT2D eigenvalue weighted by atomic mass is 10.0. The van der Waals surface area contributed by atoms with Gasteiger partial charge >= 0.3 is 5.97 Å². The predicted molar refractivity (Wildman–Crippen MR) is 92.3 cm³/mol. The molecule has 0 bridgehead atoms. The molecule has 1 atom stereocenters. The first-order valence-corrected chi connectivity index (χ1v) is 8.54. The van der Waals surface area contributed by atoms with Crippen LogP contribution in [-0.4, -0.2) is 62.0 Å². The van der Waals surface area contributed by atoms with Crippen molar-refractivity contribution in [2.75, 3.05) is 33.4 Å². The standard InChI is InChI=1S/C17H34N2O5/c1-7-22-15(23-8-2)12-19(6)16(21)13(11-18)9-10-14(20)24-17(3,4)5/h13,15H,7-12,18H2,1-6H3/t13-/m1/s1. The van der Waals surface area contributed by atoms with Crippen LogP contribution in [0.4, 0.5) is 0 Å². The Bertz CT molecular complexity index is 376. The minimum absolute atomic E-state index is 0.120. The van der Waals surface area contributed by atoms with Crippen LogP contribution in [0.3, 0.4) is 0 Å². The normalized spacial score (nSPS) is 13.0. The molecule has 24 heavy (non-hydrogen) atoms. The molecule has 0 aliphatic carbocycles. The van der Waals surface area contributed by atoms with E-state index in [0.29, 0.717) is 26.2 Å². The van der Waals surface area contributed by atoms with Crippen molar-refractivity contribution < 1.29 is 23.8 Å². The van der Waals surface area contributed by atoms with Crippen molar-refractivity contribution in [1.82, 2.24) is 4.90 Å². The monoisotopic (exact) mass is 346 g/mol. The number of hydrogen-bond acceptors (Lipinski definition) is 6. The Morgan fingerprint density at radius 3 is 2.08 bits per heavy atom. The van der Waals surface area contributed by atoms with E-state index < -0.39 is 17.8 Å². The molecule has 0 aromatic rings. The quantitative estimate of drug-likeness (QED) is 0.451. The van der Waals surface area contributed by atoms with E-state index >= 15 is 0 Å². The van der Waals surface area contributed by atoms with Crippen LogP contribution in [0.1, 0.15) is 47.5 Å². The van der Waals surface area contributed by atoms with Gasteiger partial charge < -0.3 is 24.8 Å². The average molecular weight is 346 g/mol. The molecule has 0 heterocycles. The first-order valence-electron chi connectivity index (χ1n) is 8.54. The maximum Gasteiger partial charge on any atom is 0.306 e. The van der Waals surface area contributed by atoms with Crippen molar-refractivity contribution in [2.45, 2.75) is 59.4 Å². The van der Waals surface area contributed by atoms with Gasteiger partial charge in [-0.3, -0.25) is 9.59 Å². The molecular weight excluding hydrogens is 312 g/mol. The fourth-order valence-electron chi connectivity index (χ4n) is 2.18. The highest BCUT2D eigenvalue weighted by Gasteiger charge is 2.25. The van der Waals surface area contributed by atoms with Gasteiger partial charge in [-0.05, 0) is 41.0 Å². The first kappa shape index (κ1) is 22.8. The highest BCUT2D eigenvalue weighted by molar-refractivity contribution is 5.79. The zero-order valence-electron chi connectivity index (χ0n) is 16.0. The summed E-state index contributed by atoms with van der Waals surface area (Å²) >= 11 is 0. The van der Waals surface area contributed by atoms with Crippen LogP contribution in [0.5, 0.6) is 0 Å². The van der Waals surface area contributed by atoms with Crippen molar-refractivity contribution in [3.05, 3.63) is 0 Å². The van der Waals surface area contributed by atoms with E-state index in [0.717, 1.165) is 0 Å². The van der Waals surface area contributed by atoms with Crippen molar-refractivity contribution in [1.29, 1.82) is 0 Å². The second-order valence-electron chi connectivity index (χ2n) is 6.62. The number of carbonyl (C=O) groups is 2. The molecule has 142 valence electrons. The third-order valence-corrected chi connectivity index (χ3v) is 3.25. The zero-order valence-corrected chi connectivity index (χ0v) is 16.0. The highest BCUT2D eigenvalue weighted by atomic mass is 16.7. The van der Waals surface area contributed by atoms with Gasteiger partial charge in [-0.25, -0.2) is 0 Å². The summed E-state index contributed by atoms with van der Waals surface area (Å²) in [5.74, 6) is -0.866. The van der Waals surface area contributed by atoms with E-state index in [1.807, 2.05) is 34.6 Å². The Hall–Kier alpha value is -1.18. The number of nitrogens with zero attached hydrogens (tertiary/aromatic N) is 1. The van der Waals surface area contributed by atoms with Crippen LogP contribution in [0.15, 0.2) is 0 Å². The Labute approximate surface area is 145 Å². The van der Waals surface area contributed by atoms with Crippen LogP contribution >= 0.6 is 0 Å². The van der Waals surface area contributed by atoms with E-state index in [1.165, 1.54) is 0 Å². The molecule has 0 rings (SSSR count). The van der Waals surface area contributed by atoms with Crippen molar-refractivity contribution in [2.24, 2.45) is 11.7 Å². The number of carbonyl (C=O) groups excluding carboxylic acids is 2. The van der Waals surface area contributed by atoms with E-state index in [-0.39, 0.29) is 24.8 Å². The summed E-state index contributed by atoms with van der Waals surface area (Å²) in [5.41, 5.74) is 5.18. The largest absolute Gasteiger partial charge is 0.460 e. The van der Waals surface area contributed by atoms with Gasteiger partial charge in [0.2, 0.25) is 5.91 Å². The van der Waals surface area contributed by atoms with Crippen LogP contribution in [0.25, 0.3) is 0 Å². The van der Waals surface area contributed by atoms with Gasteiger partial charge in [-0.2, -0.15) is 0 Å². The molecule has 7 nitrogen and oxygen atoms in total. The van der Waals surface area contributed by atoms with Crippen LogP contribution in [-0.2, 0) is 23.8 Å². The fraction of sp³-hybridized carbons (Fsp3) is 0.882. The minimum Gasteiger partial charge on any atom is -0.460 e. The van der Waals surface area contributed by atoms with Gasteiger partial charge in [0.25, 0.3) is 0 Å². The van der Waals surface area contributed by atoms with Gasteiger partial charge in [0.1, 0.15) is 5.60 Å². The third-order valence-electron chi connectivity index (χ3n) is 3.25. The number of esters is 1. The molecule has 7 heteroatoms. The van der Waals surface area contributed by atoms with E-state index in [2.05, 4.69) is 0 Å². The molecular formula is C17H34N2O5. The van der Waals surface area contributed by atoms with E-state index in [1.54, 1.807) is 11.9 Å². The van der Waals surface area contributed by atoms with Gasteiger partial charge in [0.05, 0.1) is 12.5 Å². The average Bonchev–Trinajstić information content (AvgIpc) is 2.46. The van der Waals surface area contributed by atoms with E-state index in [4.69, 9.17) is 19.9 Å². The summed E-state index contributed by atoms with van der Waals surface area (Å²) in [6.07, 6.45) is 0.0694. The first-order chi connectivity index (χ1) is 11.1. The lowest BCUT2D eigenvalue weighted by molar-refractivity contribution is -0.159. The SMILES string of the molecule is CCOC(CN(C)C(=O)[C@@H](CN)CCC(=O)OC(C)(C)C)OCC. The summed E-state index contributed by atoms with van der Waals surface area (Å²) in [4.78, 5) is 25.8. The summed E-state index contributed by atoms with van der Waals surface area (Å²) in [7, 11) is 1.68. The van der Waals surface area contributed by atoms with Crippen molar-refractivity contribution in [3.63, 3.8) is 0 Å². The molecule has 0 aliphatic rings. The van der Waals surface area contributed by atoms with Crippen molar-refractivity contribution in [3.8, 4) is 0 Å². The Morgan fingerprint density at radius 2 is 1.67 bits per heavy atom. The molecule has 0 unspecified atom stereocenters. The zero-order chi connectivity index (χ0) is 18.8. The lowest BCUT2D eigenvalue weighted by Gasteiger charge is -2.27. The predicted octanol–water partition coefficient (Wildman–Crippen LogP) is 1.54. The second-order valence-corrected chi connectivity index (χ2v) is 6.62. The summed E-state index contributed by atoms with van der Waals surface area (Å²) in [6, 6.07) is 0. The number of amides is 1. The summed E-state index contributed by atoms with van der Waals surface area (Å²) in [6.45, 7) is 10.7. The number of hydrogen-bond donors (Lipinski definition) is 1. The van der Waals surface area contributed by atoms with Gasteiger partial charge in [-0.1, -0.05) is 0 Å². The maximum absolute atomic E-state index is 12.5. The lowest BCUT2D eigenvalue weighted by Crippen LogP contribution is -2.42. The molecule has 1 amide bonds. The fourth-order valence-corrected chi connectivity index (χ4v) is 2.18. The Morgan fingerprint density at radius 1 is 1.12 bits per heavy atom. The van der Waals surface area contributed by atoms with Gasteiger partial charge in [0, 0.05) is 33.2 Å². The molecule has 0 aliphatic heterocycles. The number of nitrogens with two attached hydrogens (primary N) is 1. The minimum atomic E-state index is -0.529. The summed E-state index contributed by atoms with van der Waals surface area (Å²) in [5, 5.41) is 0. The molecule has 0 aromatic heterocycles. The number of likely N-dealkylation sites (N-methyl/N-ethyl adjacent to an activating group) is 1. The maximum atomic E-state index is 12.5. The molecule has 0 saturated heterocycles. The molecule has 0 saturated carbocycles. The smallest absolute Gasteiger partial charge is 0.306 e. The van der Waals surface area contributed by atoms with Crippen LogP contribution in [0, 0.1) is 5.92 Å². The third kappa shape index (κ3) is 9.85. The Balaban J connectivity index is 4.52. The second kappa shape index (κ2) is 11.4. The van der Waals surface area contributed by atoms with Gasteiger partial charge in [-0.15, -0.1) is 0 Å². The number of rotatable bonds is 11. The molecule has 2 N–H and O–H groups in total. The number of ether oxygens (including phenoxy) is 3.